The fourth-order valence-electron chi connectivity index (χ4n) is 4.41. The zero-order valence-corrected chi connectivity index (χ0v) is 19.4. The summed E-state index contributed by atoms with van der Waals surface area (Å²) in [6.45, 7) is 9.47. The number of H-pyrrole nitrogens is 1. The van der Waals surface area contributed by atoms with Crippen LogP contribution < -0.4 is 10.3 Å². The number of fused-ring (bicyclic) bond motifs is 1. The lowest BCUT2D eigenvalue weighted by Gasteiger charge is -2.35. The first kappa shape index (κ1) is 22.3. The van der Waals surface area contributed by atoms with Gasteiger partial charge in [-0.2, -0.15) is 0 Å². The predicted molar refractivity (Wildman–Crippen MR) is 124 cm³/mol. The van der Waals surface area contributed by atoms with Gasteiger partial charge in [-0.1, -0.05) is 25.4 Å². The first-order chi connectivity index (χ1) is 15.2. The molecule has 3 unspecified atom stereocenters. The fourth-order valence-corrected chi connectivity index (χ4v) is 4.71. The van der Waals surface area contributed by atoms with Crippen LogP contribution in [0, 0.1) is 18.8 Å². The summed E-state index contributed by atoms with van der Waals surface area (Å²) in [4.78, 5) is 38.4. The summed E-state index contributed by atoms with van der Waals surface area (Å²) in [6.07, 6.45) is 0.652. The number of aryl methyl sites for hydroxylation is 1. The molecular weight excluding hydrogens is 428 g/mol. The molecule has 1 aliphatic heterocycles. The quantitative estimate of drug-likeness (QED) is 0.625. The Hall–Kier alpha value is -2.93. The van der Waals surface area contributed by atoms with Crippen molar-refractivity contribution in [1.82, 2.24) is 19.9 Å². The zero-order valence-electron chi connectivity index (χ0n) is 18.7. The maximum Gasteiger partial charge on any atom is 0.277 e. The fraction of sp³-hybridized carbons (Fsp3) is 0.417. The summed E-state index contributed by atoms with van der Waals surface area (Å²) in [6, 6.07) is 8.73. The molecule has 1 aliphatic rings. The van der Waals surface area contributed by atoms with Crippen molar-refractivity contribution in [2.75, 3.05) is 13.1 Å². The van der Waals surface area contributed by atoms with Gasteiger partial charge in [0.2, 0.25) is 0 Å². The second-order valence-electron chi connectivity index (χ2n) is 8.82. The Morgan fingerprint density at radius 3 is 2.50 bits per heavy atom. The Morgan fingerprint density at radius 1 is 1.19 bits per heavy atom. The van der Waals surface area contributed by atoms with Gasteiger partial charge in [0.25, 0.3) is 11.5 Å². The van der Waals surface area contributed by atoms with Crippen LogP contribution in [0.1, 0.15) is 55.2 Å². The molecule has 32 heavy (non-hydrogen) atoms. The van der Waals surface area contributed by atoms with Crippen molar-refractivity contribution in [3.05, 3.63) is 62.8 Å². The Kier molecular flexibility index (Phi) is 6.20. The highest BCUT2D eigenvalue weighted by atomic mass is 35.5. The van der Waals surface area contributed by atoms with E-state index in [9.17, 15) is 9.59 Å². The number of ether oxygens (including phenoxy) is 1. The number of nitrogens with one attached hydrogen (secondary N) is 1. The van der Waals surface area contributed by atoms with Crippen LogP contribution in [-0.2, 0) is 0 Å². The van der Waals surface area contributed by atoms with Crippen LogP contribution in [-0.4, -0.2) is 38.8 Å². The van der Waals surface area contributed by atoms with E-state index < -0.39 is 6.10 Å². The molecule has 0 saturated carbocycles. The van der Waals surface area contributed by atoms with Crippen molar-refractivity contribution in [2.24, 2.45) is 11.8 Å². The van der Waals surface area contributed by atoms with Crippen LogP contribution in [0.4, 0.5) is 0 Å². The van der Waals surface area contributed by atoms with Gasteiger partial charge < -0.3 is 14.6 Å². The molecule has 0 radical (unpaired) electrons. The van der Waals surface area contributed by atoms with E-state index >= 15 is 0 Å². The highest BCUT2D eigenvalue weighted by Gasteiger charge is 2.26. The van der Waals surface area contributed by atoms with E-state index in [0.29, 0.717) is 45.2 Å². The topological polar surface area (TPSA) is 88.2 Å². The number of carbonyl (C=O) groups excluding carboxylic acids is 1. The van der Waals surface area contributed by atoms with Crippen molar-refractivity contribution < 1.29 is 9.53 Å². The molecule has 168 valence electrons. The van der Waals surface area contributed by atoms with Crippen LogP contribution in [0.5, 0.6) is 5.75 Å². The number of benzene rings is 1. The van der Waals surface area contributed by atoms with E-state index in [1.54, 1.807) is 37.3 Å². The van der Waals surface area contributed by atoms with E-state index in [2.05, 4.69) is 28.8 Å². The largest absolute Gasteiger partial charge is 0.484 e. The highest BCUT2D eigenvalue weighted by Crippen LogP contribution is 2.28. The third-order valence-corrected chi connectivity index (χ3v) is 6.04. The molecule has 0 spiro atoms. The molecule has 3 heterocycles. The third-order valence-electron chi connectivity index (χ3n) is 5.74. The molecule has 1 aromatic carbocycles. The number of rotatable bonds is 4. The number of aromatic nitrogens is 3. The number of piperidine rings is 1. The predicted octanol–water partition coefficient (Wildman–Crippen LogP) is 4.54. The van der Waals surface area contributed by atoms with Gasteiger partial charge in [-0.3, -0.25) is 9.59 Å². The van der Waals surface area contributed by atoms with E-state index in [1.165, 1.54) is 0 Å². The average Bonchev–Trinajstić information content (AvgIpc) is 2.72. The molecule has 1 N–H and O–H groups in total. The Bertz CT molecular complexity index is 1200. The van der Waals surface area contributed by atoms with Gasteiger partial charge in [0, 0.05) is 18.7 Å². The minimum absolute atomic E-state index is 0.0456. The van der Waals surface area contributed by atoms with Crippen LogP contribution in [0.15, 0.2) is 35.1 Å². The maximum absolute atomic E-state index is 12.9. The molecule has 0 bridgehead atoms. The van der Waals surface area contributed by atoms with Gasteiger partial charge in [-0.15, -0.1) is 0 Å². The summed E-state index contributed by atoms with van der Waals surface area (Å²) in [5.74, 6) is 2.15. The summed E-state index contributed by atoms with van der Waals surface area (Å²) >= 11 is 6.40. The first-order valence-electron chi connectivity index (χ1n) is 10.8. The van der Waals surface area contributed by atoms with Gasteiger partial charge in [0.1, 0.15) is 23.4 Å². The first-order valence-corrected chi connectivity index (χ1v) is 11.2. The van der Waals surface area contributed by atoms with Crippen LogP contribution in [0.3, 0.4) is 0 Å². The Morgan fingerprint density at radius 2 is 1.84 bits per heavy atom. The zero-order chi connectivity index (χ0) is 23.0. The summed E-state index contributed by atoms with van der Waals surface area (Å²) in [5, 5.41) is 0.377. The summed E-state index contributed by atoms with van der Waals surface area (Å²) in [5.41, 5.74) is 1.43. The molecule has 7 nitrogen and oxygen atoms in total. The standard InChI is InChI=1S/C24H27ClN4O3/c1-13-9-14(2)12-29(11-13)24(31)17-5-7-18(8-6-17)32-15(3)21-19(25)10-20-22(28-21)23(30)27-16(4)26-20/h5-8,10,13-15H,9,11-12H2,1-4H3,(H,26,27,30). The number of hydrogen-bond donors (Lipinski definition) is 1. The number of halogens is 1. The third kappa shape index (κ3) is 4.63. The maximum atomic E-state index is 12.9. The molecule has 8 heteroatoms. The normalized spacial score (nSPS) is 19.7. The van der Waals surface area contributed by atoms with Crippen molar-refractivity contribution in [1.29, 1.82) is 0 Å². The van der Waals surface area contributed by atoms with Crippen molar-refractivity contribution in [3.8, 4) is 5.75 Å². The van der Waals surface area contributed by atoms with E-state index in [1.807, 2.05) is 11.8 Å². The lowest BCUT2D eigenvalue weighted by Crippen LogP contribution is -2.42. The lowest BCUT2D eigenvalue weighted by atomic mass is 9.91. The van der Waals surface area contributed by atoms with Gasteiger partial charge in [0.05, 0.1) is 10.5 Å². The number of hydrogen-bond acceptors (Lipinski definition) is 5. The highest BCUT2D eigenvalue weighted by molar-refractivity contribution is 6.31. The molecule has 0 aliphatic carbocycles. The molecule has 3 atom stereocenters. The van der Waals surface area contributed by atoms with Gasteiger partial charge in [0.15, 0.2) is 5.52 Å². The molecule has 3 aromatic rings. The molecule has 1 amide bonds. The average molecular weight is 455 g/mol. The van der Waals surface area contributed by atoms with Crippen molar-refractivity contribution >= 4 is 28.5 Å². The Labute approximate surface area is 191 Å². The summed E-state index contributed by atoms with van der Waals surface area (Å²) in [7, 11) is 0. The molecular formula is C24H27ClN4O3. The SMILES string of the molecule is Cc1nc2cc(Cl)c(C(C)Oc3ccc(C(=O)N4CC(C)CC(C)C4)cc3)nc2c(=O)[nH]1. The second kappa shape index (κ2) is 8.90. The van der Waals surface area contributed by atoms with Gasteiger partial charge in [-0.25, -0.2) is 9.97 Å². The lowest BCUT2D eigenvalue weighted by molar-refractivity contribution is 0.0623. The van der Waals surface area contributed by atoms with E-state index in [4.69, 9.17) is 16.3 Å². The molecule has 1 fully saturated rings. The minimum atomic E-state index is -0.502. The van der Waals surface area contributed by atoms with Crippen LogP contribution in [0.2, 0.25) is 5.02 Å². The van der Waals surface area contributed by atoms with Crippen molar-refractivity contribution in [2.45, 2.75) is 40.2 Å². The van der Waals surface area contributed by atoms with Crippen LogP contribution in [0.25, 0.3) is 11.0 Å². The molecule has 4 rings (SSSR count). The number of amides is 1. The molecule has 1 saturated heterocycles. The smallest absolute Gasteiger partial charge is 0.277 e. The van der Waals surface area contributed by atoms with Gasteiger partial charge >= 0.3 is 0 Å². The number of likely N-dealkylation sites (tertiary alicyclic amines) is 1. The second-order valence-corrected chi connectivity index (χ2v) is 9.22. The number of pyridine rings is 1. The van der Waals surface area contributed by atoms with E-state index in [0.717, 1.165) is 19.5 Å². The van der Waals surface area contributed by atoms with Crippen LogP contribution >= 0.6 is 11.6 Å². The van der Waals surface area contributed by atoms with Gasteiger partial charge in [-0.05, 0) is 62.4 Å². The number of aromatic amines is 1. The minimum Gasteiger partial charge on any atom is -0.484 e. The molecule has 2 aromatic heterocycles. The number of nitrogens with zero attached hydrogens (tertiary/aromatic N) is 3. The monoisotopic (exact) mass is 454 g/mol. The summed E-state index contributed by atoms with van der Waals surface area (Å²) < 4.78 is 6.00. The number of carbonyl (C=O) groups is 1. The Balaban J connectivity index is 1.50. The van der Waals surface area contributed by atoms with E-state index in [-0.39, 0.29) is 17.0 Å². The van der Waals surface area contributed by atoms with Crippen molar-refractivity contribution in [3.63, 3.8) is 0 Å².